The fourth-order valence-corrected chi connectivity index (χ4v) is 3.44. The van der Waals surface area contributed by atoms with Crippen molar-refractivity contribution in [1.82, 2.24) is 15.2 Å². The number of allylic oxidation sites excluding steroid dienone is 3. The molecule has 1 spiro atoms. The Kier molecular flexibility index (Phi) is 5.72. The number of likely N-dealkylation sites (tertiary alicyclic amines) is 1. The number of ether oxygens (including phenoxy) is 1. The average Bonchev–Trinajstić information content (AvgIpc) is 3.03. The monoisotopic (exact) mass is 388 g/mol. The van der Waals surface area contributed by atoms with Crippen molar-refractivity contribution in [3.63, 3.8) is 0 Å². The third kappa shape index (κ3) is 4.09. The van der Waals surface area contributed by atoms with Gasteiger partial charge in [-0.05, 0) is 50.3 Å². The largest absolute Gasteiger partial charge is 0.365 e. The van der Waals surface area contributed by atoms with Gasteiger partial charge in [0.05, 0.1) is 12.2 Å². The van der Waals surface area contributed by atoms with E-state index in [0.717, 1.165) is 11.1 Å². The molecule has 1 N–H and O–H groups in total. The highest BCUT2D eigenvalue weighted by Crippen LogP contribution is 2.43. The van der Waals surface area contributed by atoms with Gasteiger partial charge in [-0.2, -0.15) is 0 Å². The molecule has 0 aliphatic carbocycles. The Morgan fingerprint density at radius 1 is 1.41 bits per heavy atom. The van der Waals surface area contributed by atoms with Gasteiger partial charge in [0.1, 0.15) is 5.82 Å². The lowest BCUT2D eigenvalue weighted by Crippen LogP contribution is -2.49. The van der Waals surface area contributed by atoms with Crippen LogP contribution in [0.2, 0.25) is 0 Å². The molecule has 2 aliphatic rings. The van der Waals surface area contributed by atoms with Crippen LogP contribution in [0.15, 0.2) is 46.5 Å². The van der Waals surface area contributed by atoms with Crippen molar-refractivity contribution in [3.8, 4) is 0 Å². The van der Waals surface area contributed by atoms with Crippen molar-refractivity contribution < 1.29 is 14.3 Å². The third-order valence-electron chi connectivity index (χ3n) is 4.84. The summed E-state index contributed by atoms with van der Waals surface area (Å²) < 4.78 is 6.05. The zero-order valence-corrected chi connectivity index (χ0v) is 15.8. The van der Waals surface area contributed by atoms with Gasteiger partial charge in [0.25, 0.3) is 0 Å². The molecule has 2 aliphatic heterocycles. The number of aliphatic imine (C=N–C) groups is 1. The zero-order valence-electron chi connectivity index (χ0n) is 15.1. The Morgan fingerprint density at radius 3 is 2.81 bits per heavy atom. The molecule has 0 atom stereocenters. The van der Waals surface area contributed by atoms with Crippen molar-refractivity contribution in [2.75, 3.05) is 13.1 Å². The first-order valence-corrected chi connectivity index (χ1v) is 9.01. The number of fused-ring (bicyclic) bond motifs is 2. The lowest BCUT2D eigenvalue weighted by Gasteiger charge is -2.38. The number of pyridine rings is 1. The molecule has 0 unspecified atom stereocenters. The number of carbonyl (C=O) groups is 2. The Bertz CT molecular complexity index is 822. The van der Waals surface area contributed by atoms with Gasteiger partial charge in [-0.15, -0.1) is 0 Å². The van der Waals surface area contributed by atoms with E-state index in [-0.39, 0.29) is 5.82 Å². The summed E-state index contributed by atoms with van der Waals surface area (Å²) in [6, 6.07) is 1.96. The summed E-state index contributed by atoms with van der Waals surface area (Å²) in [5, 5.41) is 2.97. The van der Waals surface area contributed by atoms with Crippen LogP contribution in [-0.4, -0.2) is 41.5 Å². The standard InChI is InChI=1S/C19H21ClN4O3/c1-13(20)3-4-16(21-2)23-17(25)18(26)24-9-6-19(7-10-24)15-11-22-8-5-14(15)12-27-19/h3-5,8,11H,2,6-7,9-10,12H2,1H3,(H,23,25)/b13-3+,16-4+. The number of piperidine rings is 1. The van der Waals surface area contributed by atoms with E-state index in [1.54, 1.807) is 19.2 Å². The number of nitrogens with one attached hydrogen (secondary N) is 1. The van der Waals surface area contributed by atoms with Gasteiger partial charge in [0.15, 0.2) is 0 Å². The average molecular weight is 389 g/mol. The van der Waals surface area contributed by atoms with Gasteiger partial charge in [0, 0.05) is 36.1 Å². The second kappa shape index (κ2) is 8.02. The molecule has 2 amide bonds. The summed E-state index contributed by atoms with van der Waals surface area (Å²) >= 11 is 5.75. The van der Waals surface area contributed by atoms with Gasteiger partial charge in [-0.3, -0.25) is 14.6 Å². The molecule has 1 aromatic rings. The summed E-state index contributed by atoms with van der Waals surface area (Å²) in [7, 11) is 0. The first-order valence-electron chi connectivity index (χ1n) is 8.63. The van der Waals surface area contributed by atoms with Crippen LogP contribution in [0.5, 0.6) is 0 Å². The SMILES string of the molecule is C=N/C(=C\C=C(/C)Cl)NC(=O)C(=O)N1CCC2(CC1)OCc1ccncc12. The fourth-order valence-electron chi connectivity index (χ4n) is 3.38. The Labute approximate surface area is 162 Å². The van der Waals surface area contributed by atoms with E-state index in [2.05, 4.69) is 22.0 Å². The van der Waals surface area contributed by atoms with E-state index in [4.69, 9.17) is 16.3 Å². The Balaban J connectivity index is 1.62. The van der Waals surface area contributed by atoms with Crippen LogP contribution in [-0.2, 0) is 26.5 Å². The molecule has 0 bridgehead atoms. The number of rotatable bonds is 3. The Morgan fingerprint density at radius 2 is 2.15 bits per heavy atom. The number of nitrogens with zero attached hydrogens (tertiary/aromatic N) is 3. The molecular formula is C19H21ClN4O3. The maximum atomic E-state index is 12.5. The number of amides is 2. The minimum Gasteiger partial charge on any atom is -0.365 e. The number of hydrogen-bond donors (Lipinski definition) is 1. The van der Waals surface area contributed by atoms with Crippen molar-refractivity contribution in [2.24, 2.45) is 4.99 Å². The Hall–Kier alpha value is -2.51. The molecule has 1 aromatic heterocycles. The number of hydrogen-bond acceptors (Lipinski definition) is 5. The van der Waals surface area contributed by atoms with Crippen LogP contribution >= 0.6 is 11.6 Å². The number of halogens is 1. The summed E-state index contributed by atoms with van der Waals surface area (Å²) in [6.45, 7) is 6.49. The van der Waals surface area contributed by atoms with E-state index >= 15 is 0 Å². The van der Waals surface area contributed by atoms with Crippen LogP contribution in [0.1, 0.15) is 30.9 Å². The molecule has 3 heterocycles. The summed E-state index contributed by atoms with van der Waals surface area (Å²) in [5.74, 6) is -1.18. The van der Waals surface area contributed by atoms with Crippen LogP contribution < -0.4 is 5.32 Å². The number of carbonyl (C=O) groups excluding carboxylic acids is 2. The first-order chi connectivity index (χ1) is 12.9. The van der Waals surface area contributed by atoms with Crippen molar-refractivity contribution in [2.45, 2.75) is 32.0 Å². The van der Waals surface area contributed by atoms with Gasteiger partial charge in [0.2, 0.25) is 0 Å². The molecular weight excluding hydrogens is 368 g/mol. The fraction of sp³-hybridized carbons (Fsp3) is 0.368. The zero-order chi connectivity index (χ0) is 19.4. The molecule has 3 rings (SSSR count). The smallest absolute Gasteiger partial charge is 0.315 e. The molecule has 27 heavy (non-hydrogen) atoms. The molecule has 7 nitrogen and oxygen atoms in total. The molecule has 1 fully saturated rings. The molecule has 0 radical (unpaired) electrons. The second-order valence-corrected chi connectivity index (χ2v) is 7.12. The summed E-state index contributed by atoms with van der Waals surface area (Å²) in [6.07, 6.45) is 7.89. The van der Waals surface area contributed by atoms with Crippen LogP contribution in [0, 0.1) is 0 Å². The van der Waals surface area contributed by atoms with E-state index in [0.29, 0.717) is 37.6 Å². The first kappa shape index (κ1) is 19.3. The molecule has 0 saturated carbocycles. The molecule has 8 heteroatoms. The quantitative estimate of drug-likeness (QED) is 0.489. The van der Waals surface area contributed by atoms with Crippen molar-refractivity contribution >= 4 is 30.1 Å². The van der Waals surface area contributed by atoms with Crippen molar-refractivity contribution in [3.05, 3.63) is 52.6 Å². The van der Waals surface area contributed by atoms with Crippen LogP contribution in [0.3, 0.4) is 0 Å². The molecule has 0 aromatic carbocycles. The maximum Gasteiger partial charge on any atom is 0.315 e. The topological polar surface area (TPSA) is 83.9 Å². The van der Waals surface area contributed by atoms with Gasteiger partial charge in [-0.25, -0.2) is 4.99 Å². The van der Waals surface area contributed by atoms with Gasteiger partial charge >= 0.3 is 11.8 Å². The minimum absolute atomic E-state index is 0.168. The highest BCUT2D eigenvalue weighted by atomic mass is 35.5. The highest BCUT2D eigenvalue weighted by molar-refractivity contribution is 6.35. The van der Waals surface area contributed by atoms with E-state index < -0.39 is 17.4 Å². The van der Waals surface area contributed by atoms with Crippen LogP contribution in [0.25, 0.3) is 0 Å². The van der Waals surface area contributed by atoms with E-state index in [9.17, 15) is 9.59 Å². The van der Waals surface area contributed by atoms with E-state index in [1.165, 1.54) is 11.0 Å². The normalized spacial score (nSPS) is 19.0. The molecule has 1 saturated heterocycles. The van der Waals surface area contributed by atoms with Gasteiger partial charge in [-0.1, -0.05) is 11.6 Å². The second-order valence-electron chi connectivity index (χ2n) is 6.53. The van der Waals surface area contributed by atoms with Crippen LogP contribution in [0.4, 0.5) is 0 Å². The predicted molar refractivity (Wildman–Crippen MR) is 102 cm³/mol. The van der Waals surface area contributed by atoms with E-state index in [1.807, 2.05) is 12.3 Å². The van der Waals surface area contributed by atoms with Gasteiger partial charge < -0.3 is 15.0 Å². The lowest BCUT2D eigenvalue weighted by atomic mass is 9.85. The minimum atomic E-state index is -0.750. The highest BCUT2D eigenvalue weighted by Gasteiger charge is 2.44. The predicted octanol–water partition coefficient (Wildman–Crippen LogP) is 2.23. The summed E-state index contributed by atoms with van der Waals surface area (Å²) in [5.41, 5.74) is 1.82. The lowest BCUT2D eigenvalue weighted by molar-refractivity contribution is -0.149. The number of aromatic nitrogens is 1. The third-order valence-corrected chi connectivity index (χ3v) is 4.97. The van der Waals surface area contributed by atoms with Crippen molar-refractivity contribution in [1.29, 1.82) is 0 Å². The molecule has 142 valence electrons. The summed E-state index contributed by atoms with van der Waals surface area (Å²) in [4.78, 5) is 34.1. The maximum absolute atomic E-state index is 12.5.